The van der Waals surface area contributed by atoms with Crippen LogP contribution >= 0.6 is 11.8 Å². The normalized spacial score (nSPS) is 10.8. The summed E-state index contributed by atoms with van der Waals surface area (Å²) in [4.78, 5) is 12.3. The molecule has 1 amide bonds. The Morgan fingerprint density at radius 2 is 1.65 bits per heavy atom. The number of rotatable bonds is 5. The number of hydrogen-bond donors (Lipinski definition) is 1. The van der Waals surface area contributed by atoms with Crippen LogP contribution in [0.25, 0.3) is 11.4 Å². The lowest BCUT2D eigenvalue weighted by Crippen LogP contribution is -2.16. The number of benzene rings is 2. The van der Waals surface area contributed by atoms with E-state index in [1.807, 2.05) is 61.9 Å². The van der Waals surface area contributed by atoms with Gasteiger partial charge in [0.05, 0.1) is 5.75 Å². The summed E-state index contributed by atoms with van der Waals surface area (Å²) in [7, 11) is 1.92. The Kier molecular flexibility index (Phi) is 5.42. The number of amides is 1. The monoisotopic (exact) mass is 366 g/mol. The molecule has 26 heavy (non-hydrogen) atoms. The maximum absolute atomic E-state index is 12.3. The van der Waals surface area contributed by atoms with Crippen LogP contribution in [-0.2, 0) is 11.8 Å². The minimum atomic E-state index is -0.0483. The molecule has 5 nitrogen and oxygen atoms in total. The van der Waals surface area contributed by atoms with Crippen molar-refractivity contribution < 1.29 is 4.79 Å². The van der Waals surface area contributed by atoms with Gasteiger partial charge in [-0.25, -0.2) is 0 Å². The Bertz CT molecular complexity index is 928. The number of nitrogens with one attached hydrogen (secondary N) is 1. The van der Waals surface area contributed by atoms with Crippen molar-refractivity contribution in [3.05, 3.63) is 59.2 Å². The van der Waals surface area contributed by atoms with E-state index < -0.39 is 0 Å². The van der Waals surface area contributed by atoms with Gasteiger partial charge < -0.3 is 9.88 Å². The molecule has 0 fully saturated rings. The standard InChI is InChI=1S/C20H22N4OS/c1-13-8-5-6-11-16(13)19-22-23-20(24(19)4)26-12-17(25)21-18-14(2)9-7-10-15(18)3/h5-11H,12H2,1-4H3,(H,21,25). The van der Waals surface area contributed by atoms with Gasteiger partial charge in [-0.05, 0) is 37.5 Å². The molecule has 3 rings (SSSR count). The molecule has 2 aromatic carbocycles. The molecule has 0 spiro atoms. The van der Waals surface area contributed by atoms with E-state index in [-0.39, 0.29) is 11.7 Å². The second-order valence-electron chi connectivity index (χ2n) is 6.28. The van der Waals surface area contributed by atoms with Crippen LogP contribution in [0.3, 0.4) is 0 Å². The second-order valence-corrected chi connectivity index (χ2v) is 7.23. The topological polar surface area (TPSA) is 59.8 Å². The van der Waals surface area contributed by atoms with Gasteiger partial charge in [0.1, 0.15) is 0 Å². The number of nitrogens with zero attached hydrogens (tertiary/aromatic N) is 3. The summed E-state index contributed by atoms with van der Waals surface area (Å²) in [5.74, 6) is 1.04. The number of thioether (sulfide) groups is 1. The summed E-state index contributed by atoms with van der Waals surface area (Å²) < 4.78 is 1.93. The molecule has 6 heteroatoms. The van der Waals surface area contributed by atoms with Crippen molar-refractivity contribution in [3.8, 4) is 11.4 Å². The minimum absolute atomic E-state index is 0.0483. The molecule has 1 N–H and O–H groups in total. The Morgan fingerprint density at radius 1 is 1.00 bits per heavy atom. The summed E-state index contributed by atoms with van der Waals surface area (Å²) in [6.07, 6.45) is 0. The molecule has 0 unspecified atom stereocenters. The van der Waals surface area contributed by atoms with E-state index >= 15 is 0 Å². The number of para-hydroxylation sites is 1. The minimum Gasteiger partial charge on any atom is -0.325 e. The Morgan fingerprint density at radius 3 is 2.35 bits per heavy atom. The first-order valence-electron chi connectivity index (χ1n) is 8.41. The van der Waals surface area contributed by atoms with Crippen LogP contribution in [0, 0.1) is 20.8 Å². The van der Waals surface area contributed by atoms with Gasteiger partial charge in [-0.3, -0.25) is 4.79 Å². The third-order valence-electron chi connectivity index (χ3n) is 4.30. The molecular formula is C20H22N4OS. The van der Waals surface area contributed by atoms with Gasteiger partial charge in [-0.15, -0.1) is 10.2 Å². The zero-order valence-electron chi connectivity index (χ0n) is 15.4. The lowest BCUT2D eigenvalue weighted by molar-refractivity contribution is -0.113. The smallest absolute Gasteiger partial charge is 0.234 e. The highest BCUT2D eigenvalue weighted by Crippen LogP contribution is 2.25. The van der Waals surface area contributed by atoms with Crippen molar-refractivity contribution in [2.45, 2.75) is 25.9 Å². The maximum atomic E-state index is 12.3. The highest BCUT2D eigenvalue weighted by molar-refractivity contribution is 7.99. The molecule has 0 saturated heterocycles. The highest BCUT2D eigenvalue weighted by Gasteiger charge is 2.15. The molecule has 1 aromatic heterocycles. The lowest BCUT2D eigenvalue weighted by Gasteiger charge is -2.11. The largest absolute Gasteiger partial charge is 0.325 e. The van der Waals surface area contributed by atoms with Crippen molar-refractivity contribution in [2.75, 3.05) is 11.1 Å². The van der Waals surface area contributed by atoms with Crippen molar-refractivity contribution in [2.24, 2.45) is 7.05 Å². The van der Waals surface area contributed by atoms with Gasteiger partial charge in [0, 0.05) is 18.3 Å². The molecule has 0 atom stereocenters. The number of hydrogen-bond acceptors (Lipinski definition) is 4. The zero-order chi connectivity index (χ0) is 18.7. The molecule has 0 aliphatic rings. The SMILES string of the molecule is Cc1ccccc1-c1nnc(SCC(=O)Nc2c(C)cccc2C)n1C. The van der Waals surface area contributed by atoms with Crippen LogP contribution in [0.1, 0.15) is 16.7 Å². The van der Waals surface area contributed by atoms with Crippen molar-refractivity contribution in [1.82, 2.24) is 14.8 Å². The Balaban J connectivity index is 1.69. The van der Waals surface area contributed by atoms with Crippen molar-refractivity contribution >= 4 is 23.4 Å². The van der Waals surface area contributed by atoms with Gasteiger partial charge in [0.15, 0.2) is 11.0 Å². The van der Waals surface area contributed by atoms with Crippen LogP contribution in [0.15, 0.2) is 47.6 Å². The van der Waals surface area contributed by atoms with E-state index in [9.17, 15) is 4.79 Å². The Labute approximate surface area is 157 Å². The fourth-order valence-electron chi connectivity index (χ4n) is 2.82. The first-order chi connectivity index (χ1) is 12.5. The third kappa shape index (κ3) is 3.80. The van der Waals surface area contributed by atoms with Crippen LogP contribution in [-0.4, -0.2) is 26.4 Å². The summed E-state index contributed by atoms with van der Waals surface area (Å²) in [5.41, 5.74) is 5.20. The van der Waals surface area contributed by atoms with E-state index in [0.717, 1.165) is 38.9 Å². The summed E-state index contributed by atoms with van der Waals surface area (Å²) in [6, 6.07) is 14.0. The molecule has 134 valence electrons. The van der Waals surface area contributed by atoms with E-state index in [2.05, 4.69) is 28.5 Å². The molecule has 0 bridgehead atoms. The molecule has 0 aliphatic carbocycles. The molecule has 0 aliphatic heterocycles. The van der Waals surface area contributed by atoms with Crippen LogP contribution in [0.5, 0.6) is 0 Å². The molecule has 0 saturated carbocycles. The van der Waals surface area contributed by atoms with Gasteiger partial charge in [-0.2, -0.15) is 0 Å². The number of aryl methyl sites for hydroxylation is 3. The van der Waals surface area contributed by atoms with E-state index in [1.54, 1.807) is 0 Å². The quantitative estimate of drug-likeness (QED) is 0.690. The van der Waals surface area contributed by atoms with Crippen molar-refractivity contribution in [1.29, 1.82) is 0 Å². The predicted octanol–water partition coefficient (Wildman–Crippen LogP) is 4.14. The summed E-state index contributed by atoms with van der Waals surface area (Å²) in [5, 5.41) is 12.3. The van der Waals surface area contributed by atoms with Gasteiger partial charge >= 0.3 is 0 Å². The van der Waals surface area contributed by atoms with Gasteiger partial charge in [0.2, 0.25) is 5.91 Å². The third-order valence-corrected chi connectivity index (χ3v) is 5.32. The van der Waals surface area contributed by atoms with Crippen LogP contribution in [0.2, 0.25) is 0 Å². The van der Waals surface area contributed by atoms with E-state index in [4.69, 9.17) is 0 Å². The second kappa shape index (κ2) is 7.74. The van der Waals surface area contributed by atoms with Gasteiger partial charge in [0.25, 0.3) is 0 Å². The summed E-state index contributed by atoms with van der Waals surface area (Å²) in [6.45, 7) is 6.04. The predicted molar refractivity (Wildman–Crippen MR) is 106 cm³/mol. The highest BCUT2D eigenvalue weighted by atomic mass is 32.2. The molecule has 3 aromatic rings. The number of carbonyl (C=O) groups is 1. The molecule has 0 radical (unpaired) electrons. The zero-order valence-corrected chi connectivity index (χ0v) is 16.2. The Hall–Kier alpha value is -2.60. The maximum Gasteiger partial charge on any atom is 0.234 e. The van der Waals surface area contributed by atoms with E-state index in [1.165, 1.54) is 11.8 Å². The van der Waals surface area contributed by atoms with Crippen LogP contribution in [0.4, 0.5) is 5.69 Å². The fraction of sp³-hybridized carbons (Fsp3) is 0.250. The molecular weight excluding hydrogens is 344 g/mol. The average Bonchev–Trinajstić information content (AvgIpc) is 2.97. The van der Waals surface area contributed by atoms with Crippen LogP contribution < -0.4 is 5.32 Å². The first-order valence-corrected chi connectivity index (χ1v) is 9.40. The fourth-order valence-corrected chi connectivity index (χ4v) is 3.53. The number of anilines is 1. The van der Waals surface area contributed by atoms with Crippen molar-refractivity contribution in [3.63, 3.8) is 0 Å². The molecule has 1 heterocycles. The van der Waals surface area contributed by atoms with E-state index in [0.29, 0.717) is 0 Å². The van der Waals surface area contributed by atoms with Gasteiger partial charge in [-0.1, -0.05) is 54.2 Å². The first kappa shape index (κ1) is 18.2. The summed E-state index contributed by atoms with van der Waals surface area (Å²) >= 11 is 1.38. The number of aromatic nitrogens is 3. The average molecular weight is 366 g/mol. The lowest BCUT2D eigenvalue weighted by atomic mass is 10.1. The number of carbonyl (C=O) groups excluding carboxylic acids is 1.